The van der Waals surface area contributed by atoms with Gasteiger partial charge < -0.3 is 10.6 Å². The third kappa shape index (κ3) is 8.03. The molecule has 0 saturated heterocycles. The topological polar surface area (TPSA) is 58.2 Å². The van der Waals surface area contributed by atoms with Crippen molar-refractivity contribution in [1.29, 1.82) is 0 Å². The van der Waals surface area contributed by atoms with Gasteiger partial charge in [0.1, 0.15) is 11.2 Å². The normalized spacial score (nSPS) is 13.8. The zero-order valence-corrected chi connectivity index (χ0v) is 20.0. The lowest BCUT2D eigenvalue weighted by molar-refractivity contribution is -0.137. The van der Waals surface area contributed by atoms with Crippen LogP contribution in [0.15, 0.2) is 30.3 Å². The summed E-state index contributed by atoms with van der Waals surface area (Å²) in [5.41, 5.74) is -2.82. The molecule has 0 radical (unpaired) electrons. The average molecular weight is 588 g/mol. The molecule has 2 aromatic rings. The van der Waals surface area contributed by atoms with Crippen LogP contribution in [0.1, 0.15) is 33.3 Å². The monoisotopic (exact) mass is 586 g/mol. The summed E-state index contributed by atoms with van der Waals surface area (Å²) in [4.78, 5) is 24.7. The number of anilines is 1. The predicted octanol–water partition coefficient (Wildman–Crippen LogP) is 7.36. The molecular formula is C20H13Cl4F7N2O2. The highest BCUT2D eigenvalue weighted by Crippen LogP contribution is 2.39. The van der Waals surface area contributed by atoms with E-state index >= 15 is 0 Å². The molecule has 4 nitrogen and oxygen atoms in total. The molecule has 0 bridgehead atoms. The maximum Gasteiger partial charge on any atom is 0.417 e. The van der Waals surface area contributed by atoms with Gasteiger partial charge in [-0.05, 0) is 29.8 Å². The maximum absolute atomic E-state index is 13.4. The van der Waals surface area contributed by atoms with E-state index in [-0.39, 0.29) is 10.6 Å². The fraction of sp³-hybridized carbons (Fsp3) is 0.300. The summed E-state index contributed by atoms with van der Waals surface area (Å²) < 4.78 is 90.5. The summed E-state index contributed by atoms with van der Waals surface area (Å²) in [6.45, 7) is -0.922. The smallest absolute Gasteiger partial charge is 0.352 e. The van der Waals surface area contributed by atoms with Crippen molar-refractivity contribution in [2.75, 3.05) is 11.9 Å². The van der Waals surface area contributed by atoms with Crippen molar-refractivity contribution >= 4 is 63.9 Å². The summed E-state index contributed by atoms with van der Waals surface area (Å²) in [5.74, 6) is -3.21. The predicted molar refractivity (Wildman–Crippen MR) is 118 cm³/mol. The van der Waals surface area contributed by atoms with Gasteiger partial charge in [-0.1, -0.05) is 29.3 Å². The van der Waals surface area contributed by atoms with Crippen LogP contribution in [-0.2, 0) is 11.0 Å². The highest BCUT2D eigenvalue weighted by atomic mass is 35.5. The van der Waals surface area contributed by atoms with E-state index in [9.17, 15) is 40.3 Å². The van der Waals surface area contributed by atoms with E-state index in [1.807, 2.05) is 5.32 Å². The van der Waals surface area contributed by atoms with Gasteiger partial charge in [0.05, 0.1) is 33.0 Å². The molecule has 0 saturated carbocycles. The maximum atomic E-state index is 13.4. The highest BCUT2D eigenvalue weighted by molar-refractivity contribution is 6.39. The molecule has 2 N–H and O–H groups in total. The van der Waals surface area contributed by atoms with Crippen LogP contribution in [0, 0.1) is 5.82 Å². The van der Waals surface area contributed by atoms with Gasteiger partial charge in [0.2, 0.25) is 5.91 Å². The number of halogens is 11. The minimum atomic E-state index is -5.08. The first-order valence-electron chi connectivity index (χ1n) is 9.31. The first-order chi connectivity index (χ1) is 16.0. The van der Waals surface area contributed by atoms with Crippen molar-refractivity contribution in [1.82, 2.24) is 5.32 Å². The van der Waals surface area contributed by atoms with Crippen LogP contribution >= 0.6 is 46.4 Å². The van der Waals surface area contributed by atoms with Gasteiger partial charge in [-0.25, -0.2) is 4.39 Å². The lowest BCUT2D eigenvalue weighted by atomic mass is 10.1. The summed E-state index contributed by atoms with van der Waals surface area (Å²) in [6, 6.07) is 4.40. The molecule has 35 heavy (non-hydrogen) atoms. The van der Waals surface area contributed by atoms with E-state index < -0.39 is 75.5 Å². The van der Waals surface area contributed by atoms with E-state index in [4.69, 9.17) is 46.4 Å². The van der Waals surface area contributed by atoms with Crippen molar-refractivity contribution in [3.05, 3.63) is 62.9 Å². The van der Waals surface area contributed by atoms with Gasteiger partial charge in [0.15, 0.2) is 0 Å². The van der Waals surface area contributed by atoms with Crippen molar-refractivity contribution in [3.63, 3.8) is 0 Å². The summed E-state index contributed by atoms with van der Waals surface area (Å²) in [6.07, 6.45) is -11.1. The molecule has 15 heteroatoms. The second kappa shape index (κ2) is 11.4. The fourth-order valence-corrected chi connectivity index (χ4v) is 3.62. The number of amides is 2. The Morgan fingerprint density at radius 2 is 1.60 bits per heavy atom. The zero-order chi connectivity index (χ0) is 26.7. The van der Waals surface area contributed by atoms with Gasteiger partial charge in [-0.3, -0.25) is 9.59 Å². The van der Waals surface area contributed by atoms with E-state index in [2.05, 4.69) is 5.32 Å². The molecule has 0 aliphatic carbocycles. The van der Waals surface area contributed by atoms with Gasteiger partial charge in [-0.15, -0.1) is 23.2 Å². The second-order valence-electron chi connectivity index (χ2n) is 6.97. The molecular weight excluding hydrogens is 575 g/mol. The zero-order valence-electron chi connectivity index (χ0n) is 16.9. The van der Waals surface area contributed by atoms with Gasteiger partial charge >= 0.3 is 12.4 Å². The second-order valence-corrected chi connectivity index (χ2v) is 8.70. The standard InChI is InChI=1S/C20H13Cl4F7N2O2/c21-12-5-8(1-2-13(12)25)14(22)16(24)18(35)33-9-6-10(15(23)11(7-9)20(29,30)31)17(34)32-4-3-19(26,27)28/h1-2,5-7,14,16H,3-4H2,(H,32,34)(H,33,35). The van der Waals surface area contributed by atoms with Crippen LogP contribution < -0.4 is 10.6 Å². The number of carbonyl (C=O) groups is 2. The molecule has 2 unspecified atom stereocenters. The van der Waals surface area contributed by atoms with Gasteiger partial charge in [0, 0.05) is 12.2 Å². The van der Waals surface area contributed by atoms with Crippen LogP contribution in [0.2, 0.25) is 10.0 Å². The Bertz CT molecular complexity index is 1110. The summed E-state index contributed by atoms with van der Waals surface area (Å²) in [5, 5.41) is -0.433. The van der Waals surface area contributed by atoms with E-state index in [0.29, 0.717) is 6.07 Å². The van der Waals surface area contributed by atoms with Crippen molar-refractivity contribution in [2.24, 2.45) is 0 Å². The molecule has 2 amide bonds. The Morgan fingerprint density at radius 3 is 2.14 bits per heavy atom. The van der Waals surface area contributed by atoms with Crippen LogP contribution in [0.5, 0.6) is 0 Å². The van der Waals surface area contributed by atoms with E-state index in [1.165, 1.54) is 6.07 Å². The lowest BCUT2D eigenvalue weighted by Crippen LogP contribution is -2.29. The minimum absolute atomic E-state index is 0.130. The van der Waals surface area contributed by atoms with Crippen molar-refractivity contribution < 1.29 is 40.3 Å². The Hall–Kier alpha value is -1.95. The fourth-order valence-electron chi connectivity index (χ4n) is 2.68. The number of rotatable bonds is 7. The average Bonchev–Trinajstić information content (AvgIpc) is 2.73. The molecule has 0 spiro atoms. The van der Waals surface area contributed by atoms with Crippen LogP contribution in [0.4, 0.5) is 36.4 Å². The van der Waals surface area contributed by atoms with Crippen LogP contribution in [-0.4, -0.2) is 29.9 Å². The number of carbonyl (C=O) groups excluding carboxylic acids is 2. The van der Waals surface area contributed by atoms with Crippen LogP contribution in [0.3, 0.4) is 0 Å². The Labute approximate surface area is 213 Å². The Morgan fingerprint density at radius 1 is 0.971 bits per heavy atom. The van der Waals surface area contributed by atoms with Crippen molar-refractivity contribution in [3.8, 4) is 0 Å². The number of alkyl halides is 8. The third-order valence-electron chi connectivity index (χ3n) is 4.35. The number of benzene rings is 2. The quantitative estimate of drug-likeness (QED) is 0.263. The largest absolute Gasteiger partial charge is 0.417 e. The first kappa shape index (κ1) is 29.3. The Balaban J connectivity index is 2.31. The Kier molecular flexibility index (Phi) is 9.54. The number of hydrogen-bond acceptors (Lipinski definition) is 2. The highest BCUT2D eigenvalue weighted by Gasteiger charge is 2.36. The molecule has 0 aliphatic heterocycles. The van der Waals surface area contributed by atoms with Crippen LogP contribution in [0.25, 0.3) is 0 Å². The summed E-state index contributed by atoms with van der Waals surface area (Å²) in [7, 11) is 0. The van der Waals surface area contributed by atoms with Gasteiger partial charge in [0.25, 0.3) is 5.91 Å². The SMILES string of the molecule is O=C(NCCC(F)(F)F)c1cc(NC(=O)C(Cl)C(Cl)c2ccc(F)c(Cl)c2)cc(C(F)(F)F)c1Cl. The number of nitrogens with one attached hydrogen (secondary N) is 2. The molecule has 2 atom stereocenters. The molecule has 2 rings (SSSR count). The molecule has 0 aromatic heterocycles. The molecule has 192 valence electrons. The number of hydrogen-bond donors (Lipinski definition) is 2. The molecule has 0 heterocycles. The molecule has 2 aromatic carbocycles. The summed E-state index contributed by atoms with van der Waals surface area (Å²) >= 11 is 23.5. The molecule has 0 aliphatic rings. The lowest BCUT2D eigenvalue weighted by Gasteiger charge is -2.19. The van der Waals surface area contributed by atoms with Gasteiger partial charge in [-0.2, -0.15) is 26.3 Å². The van der Waals surface area contributed by atoms with E-state index in [0.717, 1.165) is 18.2 Å². The van der Waals surface area contributed by atoms with E-state index in [1.54, 1.807) is 0 Å². The minimum Gasteiger partial charge on any atom is -0.352 e. The first-order valence-corrected chi connectivity index (χ1v) is 10.9. The molecule has 0 fully saturated rings. The van der Waals surface area contributed by atoms with Crippen molar-refractivity contribution in [2.45, 2.75) is 29.5 Å². The third-order valence-corrected chi connectivity index (χ3v) is 6.13.